The molecule has 118 valence electrons. The highest BCUT2D eigenvalue weighted by Crippen LogP contribution is 2.28. The molecule has 0 atom stereocenters. The number of nitrogens with zero attached hydrogens (tertiary/aromatic N) is 2. The van der Waals surface area contributed by atoms with E-state index < -0.39 is 17.6 Å². The first-order valence-electron chi connectivity index (χ1n) is 7.01. The van der Waals surface area contributed by atoms with Gasteiger partial charge in [-0.15, -0.1) is 0 Å². The van der Waals surface area contributed by atoms with E-state index in [0.717, 1.165) is 23.3 Å². The molecule has 23 heavy (non-hydrogen) atoms. The van der Waals surface area contributed by atoms with Gasteiger partial charge in [0.05, 0.1) is 11.0 Å². The molecule has 0 aliphatic rings. The fraction of sp³-hybridized carbons (Fsp3) is 0.176. The summed E-state index contributed by atoms with van der Waals surface area (Å²) in [4.78, 5) is 15.6. The second-order valence-corrected chi connectivity index (χ2v) is 5.47. The van der Waals surface area contributed by atoms with Gasteiger partial charge in [0.1, 0.15) is 12.4 Å². The summed E-state index contributed by atoms with van der Waals surface area (Å²) in [6, 6.07) is 7.12. The molecule has 3 aromatic rings. The van der Waals surface area contributed by atoms with Gasteiger partial charge < -0.3 is 9.67 Å². The number of carbonyl (C=O) groups is 1. The van der Waals surface area contributed by atoms with Gasteiger partial charge in [0, 0.05) is 5.56 Å². The number of hydrogen-bond donors (Lipinski definition) is 1. The van der Waals surface area contributed by atoms with Crippen LogP contribution in [0.3, 0.4) is 0 Å². The Hall–Kier alpha value is -2.76. The van der Waals surface area contributed by atoms with E-state index in [1.807, 2.05) is 26.0 Å². The molecule has 0 radical (unpaired) electrons. The van der Waals surface area contributed by atoms with Crippen LogP contribution in [-0.2, 0) is 11.3 Å². The Labute approximate surface area is 131 Å². The zero-order chi connectivity index (χ0) is 16.7. The van der Waals surface area contributed by atoms with Gasteiger partial charge in [-0.2, -0.15) is 0 Å². The van der Waals surface area contributed by atoms with E-state index in [1.165, 1.54) is 10.6 Å². The minimum atomic E-state index is -1.04. The van der Waals surface area contributed by atoms with Gasteiger partial charge in [0.15, 0.2) is 11.6 Å². The SMILES string of the molecule is Cc1cc2nc(-c3ccc(F)c(F)c3)n(CC(=O)O)c2cc1C. The molecule has 0 spiro atoms. The summed E-state index contributed by atoms with van der Waals surface area (Å²) in [5.41, 5.74) is 3.62. The van der Waals surface area contributed by atoms with Gasteiger partial charge in [0.2, 0.25) is 0 Å². The molecule has 1 aromatic heterocycles. The van der Waals surface area contributed by atoms with Gasteiger partial charge in [-0.25, -0.2) is 13.8 Å². The quantitative estimate of drug-likeness (QED) is 0.802. The number of benzene rings is 2. The van der Waals surface area contributed by atoms with Crippen molar-refractivity contribution in [3.63, 3.8) is 0 Å². The Bertz CT molecular complexity index is 932. The Morgan fingerprint density at radius 2 is 1.83 bits per heavy atom. The molecular weight excluding hydrogens is 302 g/mol. The standard InChI is InChI=1S/C17H14F2N2O2/c1-9-5-14-15(6-10(9)2)21(8-16(22)23)17(20-14)11-3-4-12(18)13(19)7-11/h3-7H,8H2,1-2H3,(H,22,23). The van der Waals surface area contributed by atoms with E-state index >= 15 is 0 Å². The second kappa shape index (κ2) is 5.46. The van der Waals surface area contributed by atoms with Crippen LogP contribution in [-0.4, -0.2) is 20.6 Å². The summed E-state index contributed by atoms with van der Waals surface area (Å²) in [5.74, 6) is -2.69. The van der Waals surface area contributed by atoms with Crippen LogP contribution >= 0.6 is 0 Å². The van der Waals surface area contributed by atoms with Crippen LogP contribution in [0.5, 0.6) is 0 Å². The molecule has 1 heterocycles. The van der Waals surface area contributed by atoms with Crippen LogP contribution in [0, 0.1) is 25.5 Å². The summed E-state index contributed by atoms with van der Waals surface area (Å²) in [7, 11) is 0. The zero-order valence-corrected chi connectivity index (χ0v) is 12.6. The third-order valence-corrected chi connectivity index (χ3v) is 3.83. The van der Waals surface area contributed by atoms with Crippen LogP contribution in [0.15, 0.2) is 30.3 Å². The van der Waals surface area contributed by atoms with Gasteiger partial charge in [-0.05, 0) is 55.3 Å². The molecule has 6 heteroatoms. The molecule has 0 saturated carbocycles. The molecule has 0 saturated heterocycles. The maximum atomic E-state index is 13.5. The predicted octanol–water partition coefficient (Wildman–Crippen LogP) is 3.68. The molecule has 4 nitrogen and oxygen atoms in total. The largest absolute Gasteiger partial charge is 0.480 e. The summed E-state index contributed by atoms with van der Waals surface area (Å²) < 4.78 is 28.2. The van der Waals surface area contributed by atoms with Crippen molar-refractivity contribution in [3.8, 4) is 11.4 Å². The van der Waals surface area contributed by atoms with Crippen molar-refractivity contribution in [1.29, 1.82) is 0 Å². The van der Waals surface area contributed by atoms with E-state index in [9.17, 15) is 13.6 Å². The third-order valence-electron chi connectivity index (χ3n) is 3.83. The van der Waals surface area contributed by atoms with Crippen LogP contribution in [0.1, 0.15) is 11.1 Å². The Kier molecular flexibility index (Phi) is 3.60. The summed E-state index contributed by atoms with van der Waals surface area (Å²) in [6.07, 6.45) is 0. The average Bonchev–Trinajstić information content (AvgIpc) is 2.80. The molecule has 0 aliphatic heterocycles. The van der Waals surface area contributed by atoms with Crippen molar-refractivity contribution in [2.24, 2.45) is 0 Å². The normalized spacial score (nSPS) is 11.1. The fourth-order valence-corrected chi connectivity index (χ4v) is 2.53. The van der Waals surface area contributed by atoms with E-state index in [4.69, 9.17) is 5.11 Å². The van der Waals surface area contributed by atoms with E-state index in [1.54, 1.807) is 0 Å². The van der Waals surface area contributed by atoms with Crippen LogP contribution in [0.25, 0.3) is 22.4 Å². The van der Waals surface area contributed by atoms with E-state index in [0.29, 0.717) is 22.4 Å². The first-order valence-corrected chi connectivity index (χ1v) is 7.01. The number of imidazole rings is 1. The maximum Gasteiger partial charge on any atom is 0.323 e. The smallest absolute Gasteiger partial charge is 0.323 e. The monoisotopic (exact) mass is 316 g/mol. The van der Waals surface area contributed by atoms with Gasteiger partial charge in [0.25, 0.3) is 0 Å². The van der Waals surface area contributed by atoms with Gasteiger partial charge in [-0.3, -0.25) is 4.79 Å². The minimum absolute atomic E-state index is 0.298. The topological polar surface area (TPSA) is 55.1 Å². The first-order chi connectivity index (χ1) is 10.9. The van der Waals surface area contributed by atoms with Crippen LogP contribution < -0.4 is 0 Å². The Balaban J connectivity index is 2.29. The number of aromatic nitrogens is 2. The van der Waals surface area contributed by atoms with Crippen molar-refractivity contribution in [2.75, 3.05) is 0 Å². The molecule has 0 fully saturated rings. The second-order valence-electron chi connectivity index (χ2n) is 5.47. The van der Waals surface area contributed by atoms with Gasteiger partial charge in [-0.1, -0.05) is 0 Å². The number of aryl methyl sites for hydroxylation is 2. The minimum Gasteiger partial charge on any atom is -0.480 e. The number of aliphatic carboxylic acids is 1. The van der Waals surface area contributed by atoms with Crippen molar-refractivity contribution in [1.82, 2.24) is 9.55 Å². The molecule has 0 aliphatic carbocycles. The Morgan fingerprint density at radius 3 is 2.48 bits per heavy atom. The third kappa shape index (κ3) is 2.67. The van der Waals surface area contributed by atoms with Gasteiger partial charge >= 0.3 is 5.97 Å². The molecule has 1 N–H and O–H groups in total. The highest BCUT2D eigenvalue weighted by molar-refractivity contribution is 5.84. The lowest BCUT2D eigenvalue weighted by Crippen LogP contribution is -2.10. The lowest BCUT2D eigenvalue weighted by Gasteiger charge is -2.07. The number of hydrogen-bond acceptors (Lipinski definition) is 2. The number of rotatable bonds is 3. The average molecular weight is 316 g/mol. The van der Waals surface area contributed by atoms with Crippen molar-refractivity contribution < 1.29 is 18.7 Å². The lowest BCUT2D eigenvalue weighted by molar-refractivity contribution is -0.137. The highest BCUT2D eigenvalue weighted by atomic mass is 19.2. The van der Waals surface area contributed by atoms with Crippen LogP contribution in [0.4, 0.5) is 8.78 Å². The number of fused-ring (bicyclic) bond motifs is 1. The number of carboxylic acids is 1. The predicted molar refractivity (Wildman–Crippen MR) is 82.2 cm³/mol. The van der Waals surface area contributed by atoms with Crippen molar-refractivity contribution >= 4 is 17.0 Å². The fourth-order valence-electron chi connectivity index (χ4n) is 2.53. The summed E-state index contributed by atoms with van der Waals surface area (Å²) >= 11 is 0. The van der Waals surface area contributed by atoms with E-state index in [-0.39, 0.29) is 6.54 Å². The van der Waals surface area contributed by atoms with E-state index in [2.05, 4.69) is 4.98 Å². The highest BCUT2D eigenvalue weighted by Gasteiger charge is 2.17. The van der Waals surface area contributed by atoms with Crippen molar-refractivity contribution in [2.45, 2.75) is 20.4 Å². The molecule has 3 rings (SSSR count). The summed E-state index contributed by atoms with van der Waals surface area (Å²) in [6.45, 7) is 3.54. The van der Waals surface area contributed by atoms with Crippen molar-refractivity contribution in [3.05, 3.63) is 53.1 Å². The molecular formula is C17H14F2N2O2. The number of halogens is 2. The molecule has 0 amide bonds. The zero-order valence-electron chi connectivity index (χ0n) is 12.6. The molecule has 2 aromatic carbocycles. The maximum absolute atomic E-state index is 13.5. The Morgan fingerprint density at radius 1 is 1.13 bits per heavy atom. The van der Waals surface area contributed by atoms with Crippen LogP contribution in [0.2, 0.25) is 0 Å². The molecule has 0 bridgehead atoms. The summed E-state index contributed by atoms with van der Waals surface area (Å²) in [5, 5.41) is 9.16. The molecule has 0 unspecified atom stereocenters. The first kappa shape index (κ1) is 15.1. The number of carboxylic acid groups (broad SMARTS) is 1. The lowest BCUT2D eigenvalue weighted by atomic mass is 10.1.